The maximum absolute atomic E-state index is 13.8. The van der Waals surface area contributed by atoms with Gasteiger partial charge < -0.3 is 23.7 Å². The summed E-state index contributed by atoms with van der Waals surface area (Å²) in [6, 6.07) is 9.88. The molecular weight excluding hydrogens is 480 g/mol. The van der Waals surface area contributed by atoms with Crippen LogP contribution in [-0.2, 0) is 0 Å². The van der Waals surface area contributed by atoms with E-state index in [2.05, 4.69) is 18.7 Å². The molecule has 2 aromatic carbocycles. The summed E-state index contributed by atoms with van der Waals surface area (Å²) in [5.41, 5.74) is 1.20. The lowest BCUT2D eigenvalue weighted by molar-refractivity contribution is 0.0708. The molecule has 1 amide bonds. The molecule has 2 heterocycles. The van der Waals surface area contributed by atoms with Crippen molar-refractivity contribution in [1.29, 1.82) is 0 Å². The Morgan fingerprint density at radius 3 is 2.47 bits per heavy atom. The number of likely N-dealkylation sites (N-methyl/N-ethyl adjacent to an activating group) is 1. The highest BCUT2D eigenvalue weighted by atomic mass is 35.5. The van der Waals surface area contributed by atoms with Gasteiger partial charge >= 0.3 is 0 Å². The lowest BCUT2D eigenvalue weighted by atomic mass is 9.98. The lowest BCUT2D eigenvalue weighted by Gasteiger charge is -2.28. The molecule has 0 saturated heterocycles. The van der Waals surface area contributed by atoms with Gasteiger partial charge in [-0.2, -0.15) is 0 Å². The van der Waals surface area contributed by atoms with E-state index in [-0.39, 0.29) is 17.1 Å². The van der Waals surface area contributed by atoms with Crippen LogP contribution in [0.25, 0.3) is 11.0 Å². The standard InChI is InChI=1S/C28H33ClN2O5/c1-5-15-35-22-11-9-18(16-23(22)34-8-4)25-24-26(32)20-17-19(29)10-12-21(20)36-27(24)28(33)31(25)14-13-30(6-2)7-3/h9-12,16-17,25H,5-8,13-15H2,1-4H3. The smallest absolute Gasteiger partial charge is 0.290 e. The molecule has 1 aromatic heterocycles. The molecule has 0 N–H and O–H groups in total. The van der Waals surface area contributed by atoms with Crippen LogP contribution in [0.1, 0.15) is 61.8 Å². The highest BCUT2D eigenvalue weighted by molar-refractivity contribution is 6.31. The van der Waals surface area contributed by atoms with Gasteiger partial charge in [0, 0.05) is 18.1 Å². The van der Waals surface area contributed by atoms with Gasteiger partial charge in [-0.3, -0.25) is 9.59 Å². The summed E-state index contributed by atoms with van der Waals surface area (Å²) >= 11 is 6.19. The Morgan fingerprint density at radius 2 is 1.78 bits per heavy atom. The van der Waals surface area contributed by atoms with E-state index in [9.17, 15) is 9.59 Å². The second-order valence-electron chi connectivity index (χ2n) is 8.73. The minimum Gasteiger partial charge on any atom is -0.490 e. The van der Waals surface area contributed by atoms with Crippen molar-refractivity contribution in [3.8, 4) is 11.5 Å². The quantitative estimate of drug-likeness (QED) is 0.337. The summed E-state index contributed by atoms with van der Waals surface area (Å²) in [6.07, 6.45) is 0.869. The van der Waals surface area contributed by atoms with Gasteiger partial charge in [-0.05, 0) is 62.3 Å². The predicted molar refractivity (Wildman–Crippen MR) is 142 cm³/mol. The van der Waals surface area contributed by atoms with Crippen LogP contribution in [0.4, 0.5) is 0 Å². The normalized spacial score (nSPS) is 15.1. The third kappa shape index (κ3) is 4.95. The second kappa shape index (κ2) is 11.4. The van der Waals surface area contributed by atoms with Crippen LogP contribution in [0, 0.1) is 0 Å². The molecule has 7 nitrogen and oxygen atoms in total. The highest BCUT2D eigenvalue weighted by Gasteiger charge is 2.43. The molecule has 0 spiro atoms. The molecule has 0 fully saturated rings. The molecule has 1 aliphatic heterocycles. The van der Waals surface area contributed by atoms with E-state index in [1.54, 1.807) is 23.1 Å². The average molecular weight is 513 g/mol. The molecule has 1 unspecified atom stereocenters. The van der Waals surface area contributed by atoms with Crippen LogP contribution in [-0.4, -0.2) is 55.1 Å². The van der Waals surface area contributed by atoms with Crippen molar-refractivity contribution in [2.75, 3.05) is 39.4 Å². The van der Waals surface area contributed by atoms with E-state index in [1.807, 2.05) is 32.0 Å². The fraction of sp³-hybridized carbons (Fsp3) is 0.429. The minimum atomic E-state index is -0.609. The van der Waals surface area contributed by atoms with Crippen LogP contribution in [0.5, 0.6) is 11.5 Å². The van der Waals surface area contributed by atoms with E-state index in [4.69, 9.17) is 25.5 Å². The van der Waals surface area contributed by atoms with E-state index in [0.717, 1.165) is 25.1 Å². The van der Waals surface area contributed by atoms with Gasteiger partial charge in [-0.15, -0.1) is 0 Å². The van der Waals surface area contributed by atoms with Crippen LogP contribution in [0.2, 0.25) is 5.02 Å². The first-order chi connectivity index (χ1) is 17.4. The van der Waals surface area contributed by atoms with E-state index in [0.29, 0.717) is 59.4 Å². The molecule has 36 heavy (non-hydrogen) atoms. The van der Waals surface area contributed by atoms with Crippen LogP contribution in [0.3, 0.4) is 0 Å². The second-order valence-corrected chi connectivity index (χ2v) is 9.17. The van der Waals surface area contributed by atoms with Gasteiger partial charge in [-0.25, -0.2) is 0 Å². The molecule has 1 atom stereocenters. The van der Waals surface area contributed by atoms with Crippen molar-refractivity contribution in [3.05, 3.63) is 68.5 Å². The number of halogens is 1. The summed E-state index contributed by atoms with van der Waals surface area (Å²) in [6.45, 7) is 12.0. The number of nitrogens with zero attached hydrogens (tertiary/aromatic N) is 2. The Kier molecular flexibility index (Phi) is 8.21. The number of amides is 1. The fourth-order valence-corrected chi connectivity index (χ4v) is 4.83. The Bertz CT molecular complexity index is 1300. The van der Waals surface area contributed by atoms with E-state index in [1.165, 1.54) is 0 Å². The summed E-state index contributed by atoms with van der Waals surface area (Å²) in [7, 11) is 0. The summed E-state index contributed by atoms with van der Waals surface area (Å²) < 4.78 is 17.8. The van der Waals surface area contributed by atoms with Gasteiger partial charge in [0.15, 0.2) is 16.9 Å². The van der Waals surface area contributed by atoms with Crippen molar-refractivity contribution in [1.82, 2.24) is 9.80 Å². The number of hydrogen-bond donors (Lipinski definition) is 0. The number of rotatable bonds is 11. The summed E-state index contributed by atoms with van der Waals surface area (Å²) in [5.74, 6) is 1.02. The van der Waals surface area contributed by atoms with Gasteiger partial charge in [0.05, 0.1) is 30.2 Å². The third-order valence-electron chi connectivity index (χ3n) is 6.52. The Hall–Kier alpha value is -3.03. The number of carbonyl (C=O) groups is 1. The number of hydrogen-bond acceptors (Lipinski definition) is 6. The lowest BCUT2D eigenvalue weighted by Crippen LogP contribution is -2.37. The zero-order valence-corrected chi connectivity index (χ0v) is 22.1. The maximum atomic E-state index is 13.8. The van der Waals surface area contributed by atoms with Crippen LogP contribution < -0.4 is 14.9 Å². The Morgan fingerprint density at radius 1 is 1.00 bits per heavy atom. The summed E-state index contributed by atoms with van der Waals surface area (Å²) in [5, 5.41) is 0.794. The van der Waals surface area contributed by atoms with Crippen molar-refractivity contribution in [3.63, 3.8) is 0 Å². The number of benzene rings is 2. The first kappa shape index (κ1) is 26.0. The molecule has 192 valence electrons. The largest absolute Gasteiger partial charge is 0.490 e. The van der Waals surface area contributed by atoms with Gasteiger partial charge in [0.2, 0.25) is 5.76 Å². The topological polar surface area (TPSA) is 72.2 Å². The van der Waals surface area contributed by atoms with E-state index >= 15 is 0 Å². The van der Waals surface area contributed by atoms with Crippen LogP contribution >= 0.6 is 11.6 Å². The molecule has 4 rings (SSSR count). The third-order valence-corrected chi connectivity index (χ3v) is 6.76. The monoisotopic (exact) mass is 512 g/mol. The average Bonchev–Trinajstić information content (AvgIpc) is 3.16. The number of fused-ring (bicyclic) bond motifs is 2. The maximum Gasteiger partial charge on any atom is 0.290 e. The highest BCUT2D eigenvalue weighted by Crippen LogP contribution is 2.41. The van der Waals surface area contributed by atoms with Crippen molar-refractivity contribution < 1.29 is 18.7 Å². The van der Waals surface area contributed by atoms with Crippen molar-refractivity contribution in [2.24, 2.45) is 0 Å². The molecule has 0 saturated carbocycles. The van der Waals surface area contributed by atoms with Crippen molar-refractivity contribution in [2.45, 2.75) is 40.2 Å². The Labute approximate surface area is 216 Å². The molecule has 0 bridgehead atoms. The number of ether oxygens (including phenoxy) is 2. The minimum absolute atomic E-state index is 0.0867. The first-order valence-electron chi connectivity index (χ1n) is 12.6. The Balaban J connectivity index is 1.87. The summed E-state index contributed by atoms with van der Waals surface area (Å²) in [4.78, 5) is 31.4. The first-order valence-corrected chi connectivity index (χ1v) is 13.0. The van der Waals surface area contributed by atoms with Gasteiger partial charge in [0.1, 0.15) is 5.58 Å². The zero-order valence-electron chi connectivity index (χ0n) is 21.3. The molecule has 0 aliphatic carbocycles. The van der Waals surface area contributed by atoms with Gasteiger partial charge in [0.25, 0.3) is 5.91 Å². The molecule has 1 aliphatic rings. The van der Waals surface area contributed by atoms with Crippen molar-refractivity contribution >= 4 is 28.5 Å². The van der Waals surface area contributed by atoms with Crippen LogP contribution in [0.15, 0.2) is 45.6 Å². The zero-order chi connectivity index (χ0) is 25.8. The fourth-order valence-electron chi connectivity index (χ4n) is 4.65. The molecule has 8 heteroatoms. The molecule has 0 radical (unpaired) electrons. The SMILES string of the molecule is CCCOc1ccc(C2c3c(oc4ccc(Cl)cc4c3=O)C(=O)N2CCN(CC)CC)cc1OCC. The predicted octanol–water partition coefficient (Wildman–Crippen LogP) is 5.52. The van der Waals surface area contributed by atoms with Gasteiger partial charge in [-0.1, -0.05) is 38.4 Å². The van der Waals surface area contributed by atoms with E-state index < -0.39 is 6.04 Å². The number of carbonyl (C=O) groups excluding carboxylic acids is 1. The molecular formula is C28H33ClN2O5. The molecule has 3 aromatic rings.